The van der Waals surface area contributed by atoms with Crippen LogP contribution in [-0.4, -0.2) is 55.0 Å². The maximum atomic E-state index is 13.7. The van der Waals surface area contributed by atoms with Crippen LogP contribution < -0.4 is 25.4 Å². The zero-order chi connectivity index (χ0) is 25.3. The summed E-state index contributed by atoms with van der Waals surface area (Å²) in [4.78, 5) is 50.4. The Morgan fingerprint density at radius 3 is 2.49 bits per heavy atom. The molecular formula is C22H19F3N4O6. The summed E-state index contributed by atoms with van der Waals surface area (Å²) in [5.41, 5.74) is -1.68. The van der Waals surface area contributed by atoms with Crippen molar-refractivity contribution in [1.82, 2.24) is 15.5 Å². The number of benzene rings is 2. The van der Waals surface area contributed by atoms with E-state index >= 15 is 0 Å². The number of hydrogen-bond acceptors (Lipinski definition) is 6. The van der Waals surface area contributed by atoms with E-state index in [1.165, 1.54) is 6.92 Å². The fraction of sp³-hybridized carbons (Fsp3) is 0.273. The van der Waals surface area contributed by atoms with E-state index in [1.54, 1.807) is 18.2 Å². The zero-order valence-electron chi connectivity index (χ0n) is 18.2. The summed E-state index contributed by atoms with van der Waals surface area (Å²) in [6.07, 6.45) is 0. The lowest BCUT2D eigenvalue weighted by molar-refractivity contribution is -0.135. The van der Waals surface area contributed by atoms with Crippen LogP contribution in [0.25, 0.3) is 0 Å². The predicted octanol–water partition coefficient (Wildman–Crippen LogP) is 1.40. The number of ether oxygens (including phenoxy) is 2. The Morgan fingerprint density at radius 1 is 1.03 bits per heavy atom. The third-order valence-corrected chi connectivity index (χ3v) is 5.45. The molecule has 0 bridgehead atoms. The summed E-state index contributed by atoms with van der Waals surface area (Å²) in [5, 5.41) is 6.71. The minimum atomic E-state index is -1.76. The molecule has 10 nitrogen and oxygen atoms in total. The smallest absolute Gasteiger partial charge is 0.325 e. The third-order valence-electron chi connectivity index (χ3n) is 5.45. The standard InChI is InChI=1S/C22H19F3N4O6/c1-22(11-2-5-14-15(8-11)35-7-6-34-14)20(32)29(21(33)28-22)10-17(31)26-9-16(30)27-13-4-3-12(23)18(24)19(13)25/h2-5,8H,6-7,9-10H2,1H3,(H,26,31)(H,27,30)(H,28,33)/t22-/m0/s1. The number of nitrogens with one attached hydrogen (secondary N) is 3. The van der Waals surface area contributed by atoms with Crippen molar-refractivity contribution in [3.8, 4) is 11.5 Å². The molecule has 0 radical (unpaired) electrons. The number of fused-ring (bicyclic) bond motifs is 1. The molecule has 3 N–H and O–H groups in total. The van der Waals surface area contributed by atoms with Gasteiger partial charge in [0.25, 0.3) is 5.91 Å². The summed E-state index contributed by atoms with van der Waals surface area (Å²) in [6, 6.07) is 5.39. The molecule has 4 rings (SSSR count). The van der Waals surface area contributed by atoms with Gasteiger partial charge in [-0.25, -0.2) is 18.0 Å². The average molecular weight is 492 g/mol. The number of hydrogen-bond donors (Lipinski definition) is 3. The molecule has 2 heterocycles. The quantitative estimate of drug-likeness (QED) is 0.414. The number of carbonyl (C=O) groups is 4. The van der Waals surface area contributed by atoms with Crippen LogP contribution in [0.15, 0.2) is 30.3 Å². The van der Waals surface area contributed by atoms with Crippen LogP contribution in [0.4, 0.5) is 23.7 Å². The van der Waals surface area contributed by atoms with Crippen molar-refractivity contribution in [2.45, 2.75) is 12.5 Å². The molecule has 0 aliphatic carbocycles. The molecule has 184 valence electrons. The zero-order valence-corrected chi connectivity index (χ0v) is 18.2. The van der Waals surface area contributed by atoms with Gasteiger partial charge in [0.2, 0.25) is 11.8 Å². The lowest BCUT2D eigenvalue weighted by Gasteiger charge is -2.25. The second-order valence-electron chi connectivity index (χ2n) is 7.85. The molecule has 2 aromatic carbocycles. The van der Waals surface area contributed by atoms with Crippen LogP contribution in [0.5, 0.6) is 11.5 Å². The van der Waals surface area contributed by atoms with Gasteiger partial charge in [-0.1, -0.05) is 6.07 Å². The second-order valence-corrected chi connectivity index (χ2v) is 7.85. The van der Waals surface area contributed by atoms with Crippen molar-refractivity contribution >= 4 is 29.4 Å². The molecule has 1 saturated heterocycles. The molecule has 0 saturated carbocycles. The van der Waals surface area contributed by atoms with Gasteiger partial charge in [-0.05, 0) is 36.8 Å². The minimum Gasteiger partial charge on any atom is -0.486 e. The molecule has 13 heteroatoms. The molecule has 5 amide bonds. The van der Waals surface area contributed by atoms with E-state index in [4.69, 9.17) is 9.47 Å². The molecule has 1 fully saturated rings. The Morgan fingerprint density at radius 2 is 1.74 bits per heavy atom. The number of urea groups is 1. The molecule has 2 aliphatic rings. The first-order chi connectivity index (χ1) is 16.6. The van der Waals surface area contributed by atoms with Crippen molar-refractivity contribution < 1.29 is 41.8 Å². The average Bonchev–Trinajstić information content (AvgIpc) is 3.06. The van der Waals surface area contributed by atoms with Crippen LogP contribution >= 0.6 is 0 Å². The van der Waals surface area contributed by atoms with Gasteiger partial charge >= 0.3 is 6.03 Å². The summed E-state index contributed by atoms with van der Waals surface area (Å²) < 4.78 is 50.9. The fourth-order valence-corrected chi connectivity index (χ4v) is 3.59. The monoisotopic (exact) mass is 492 g/mol. The van der Waals surface area contributed by atoms with Gasteiger partial charge in [0, 0.05) is 0 Å². The Balaban J connectivity index is 1.36. The van der Waals surface area contributed by atoms with Crippen LogP contribution in [0.1, 0.15) is 12.5 Å². The molecule has 35 heavy (non-hydrogen) atoms. The molecule has 0 unspecified atom stereocenters. The molecule has 1 atom stereocenters. The summed E-state index contributed by atoms with van der Waals surface area (Å²) in [7, 11) is 0. The first kappa shape index (κ1) is 23.9. The van der Waals surface area contributed by atoms with Gasteiger partial charge in [-0.3, -0.25) is 19.3 Å². The van der Waals surface area contributed by atoms with E-state index in [0.29, 0.717) is 41.2 Å². The third kappa shape index (κ3) is 4.56. The van der Waals surface area contributed by atoms with Gasteiger partial charge in [0.15, 0.2) is 29.0 Å². The highest BCUT2D eigenvalue weighted by Crippen LogP contribution is 2.36. The maximum Gasteiger partial charge on any atom is 0.325 e. The summed E-state index contributed by atoms with van der Waals surface area (Å²) in [5.74, 6) is -6.38. The Bertz CT molecular complexity index is 1240. The summed E-state index contributed by atoms with van der Waals surface area (Å²) in [6.45, 7) is 0.810. The predicted molar refractivity (Wildman–Crippen MR) is 113 cm³/mol. The number of amides is 5. The van der Waals surface area contributed by atoms with E-state index in [2.05, 4.69) is 10.6 Å². The maximum absolute atomic E-state index is 13.7. The fourth-order valence-electron chi connectivity index (χ4n) is 3.59. The largest absolute Gasteiger partial charge is 0.486 e. The molecule has 0 aromatic heterocycles. The van der Waals surface area contributed by atoms with Gasteiger partial charge in [0.05, 0.1) is 12.2 Å². The Hall–Kier alpha value is -4.29. The van der Waals surface area contributed by atoms with E-state index in [-0.39, 0.29) is 0 Å². The Kier molecular flexibility index (Phi) is 6.24. The van der Waals surface area contributed by atoms with Crippen LogP contribution in [0.2, 0.25) is 0 Å². The van der Waals surface area contributed by atoms with Crippen LogP contribution in [0, 0.1) is 17.5 Å². The summed E-state index contributed by atoms with van der Waals surface area (Å²) >= 11 is 0. The molecular weight excluding hydrogens is 473 g/mol. The number of imide groups is 1. The van der Waals surface area contributed by atoms with Gasteiger partial charge in [0.1, 0.15) is 25.3 Å². The lowest BCUT2D eigenvalue weighted by Crippen LogP contribution is -2.44. The van der Waals surface area contributed by atoms with Crippen LogP contribution in [0.3, 0.4) is 0 Å². The highest BCUT2D eigenvalue weighted by atomic mass is 19.2. The first-order valence-electron chi connectivity index (χ1n) is 10.3. The Labute approximate surface area is 196 Å². The van der Waals surface area contributed by atoms with Crippen molar-refractivity contribution in [3.63, 3.8) is 0 Å². The van der Waals surface area contributed by atoms with Crippen LogP contribution in [-0.2, 0) is 19.9 Å². The normalized spacial score (nSPS) is 18.8. The van der Waals surface area contributed by atoms with Gasteiger partial charge in [-0.2, -0.15) is 0 Å². The van der Waals surface area contributed by atoms with E-state index in [0.717, 1.165) is 6.07 Å². The number of rotatable bonds is 6. The van der Waals surface area contributed by atoms with Gasteiger partial charge in [-0.15, -0.1) is 0 Å². The minimum absolute atomic E-state index is 0.329. The van der Waals surface area contributed by atoms with E-state index < -0.39 is 65.5 Å². The van der Waals surface area contributed by atoms with E-state index in [9.17, 15) is 32.3 Å². The lowest BCUT2D eigenvalue weighted by atomic mass is 9.91. The molecule has 0 spiro atoms. The van der Waals surface area contributed by atoms with Crippen molar-refractivity contribution in [3.05, 3.63) is 53.3 Å². The molecule has 2 aromatic rings. The number of carbonyl (C=O) groups excluding carboxylic acids is 4. The first-order valence-corrected chi connectivity index (χ1v) is 10.3. The topological polar surface area (TPSA) is 126 Å². The highest BCUT2D eigenvalue weighted by molar-refractivity contribution is 6.09. The highest BCUT2D eigenvalue weighted by Gasteiger charge is 2.49. The molecule has 2 aliphatic heterocycles. The van der Waals surface area contributed by atoms with E-state index in [1.807, 2.05) is 5.32 Å². The van der Waals surface area contributed by atoms with Crippen molar-refractivity contribution in [1.29, 1.82) is 0 Å². The number of anilines is 1. The van der Waals surface area contributed by atoms with Crippen molar-refractivity contribution in [2.24, 2.45) is 0 Å². The number of halogens is 3. The number of nitrogens with zero attached hydrogens (tertiary/aromatic N) is 1. The SMILES string of the molecule is C[C@@]1(c2ccc3c(c2)OCCO3)NC(=O)N(CC(=O)NCC(=O)Nc2ccc(F)c(F)c2F)C1=O. The van der Waals surface area contributed by atoms with Gasteiger partial charge < -0.3 is 25.4 Å². The van der Waals surface area contributed by atoms with Crippen molar-refractivity contribution in [2.75, 3.05) is 31.6 Å². The second kappa shape index (κ2) is 9.16.